The van der Waals surface area contributed by atoms with Crippen LogP contribution in [0.25, 0.3) is 0 Å². The molecule has 0 fully saturated rings. The molecule has 0 unspecified atom stereocenters. The van der Waals surface area contributed by atoms with E-state index in [0.717, 1.165) is 0 Å². The summed E-state index contributed by atoms with van der Waals surface area (Å²) in [4.78, 5) is 12.8. The van der Waals surface area contributed by atoms with Gasteiger partial charge in [-0.15, -0.1) is 0 Å². The molecule has 0 amide bonds. The molecule has 0 saturated heterocycles. The largest absolute Gasteiger partial charge is 0.495 e. The summed E-state index contributed by atoms with van der Waals surface area (Å²) >= 11 is 5.92. The van der Waals surface area contributed by atoms with Gasteiger partial charge in [0.2, 0.25) is 0 Å². The zero-order valence-electron chi connectivity index (χ0n) is 10.3. The van der Waals surface area contributed by atoms with Gasteiger partial charge in [-0.05, 0) is 32.0 Å². The number of nitrogens with zero attached hydrogens (tertiary/aromatic N) is 1. The second-order valence-corrected chi connectivity index (χ2v) is 4.68. The van der Waals surface area contributed by atoms with Gasteiger partial charge >= 0.3 is 5.97 Å². The van der Waals surface area contributed by atoms with Crippen molar-refractivity contribution in [3.8, 4) is 5.75 Å². The van der Waals surface area contributed by atoms with E-state index < -0.39 is 11.5 Å². The lowest BCUT2D eigenvalue weighted by Crippen LogP contribution is -2.48. The van der Waals surface area contributed by atoms with Crippen LogP contribution >= 0.6 is 11.6 Å². The Morgan fingerprint density at radius 3 is 2.53 bits per heavy atom. The molecule has 0 saturated carbocycles. The molecule has 4 nitrogen and oxygen atoms in total. The lowest BCUT2D eigenvalue weighted by atomic mass is 10.0. The van der Waals surface area contributed by atoms with Gasteiger partial charge < -0.3 is 14.7 Å². The summed E-state index contributed by atoms with van der Waals surface area (Å²) in [7, 11) is 3.23. The van der Waals surface area contributed by atoms with E-state index in [1.807, 2.05) is 0 Å². The van der Waals surface area contributed by atoms with Gasteiger partial charge in [0.25, 0.3) is 0 Å². The fourth-order valence-corrected chi connectivity index (χ4v) is 1.54. The quantitative estimate of drug-likeness (QED) is 0.901. The van der Waals surface area contributed by atoms with Crippen molar-refractivity contribution in [3.63, 3.8) is 0 Å². The van der Waals surface area contributed by atoms with Gasteiger partial charge in [0, 0.05) is 12.1 Å². The van der Waals surface area contributed by atoms with Crippen molar-refractivity contribution >= 4 is 23.3 Å². The molecule has 0 aromatic heterocycles. The minimum Gasteiger partial charge on any atom is -0.495 e. The number of aliphatic carboxylic acids is 1. The van der Waals surface area contributed by atoms with Gasteiger partial charge in [0.15, 0.2) is 0 Å². The minimum atomic E-state index is -1.04. The summed E-state index contributed by atoms with van der Waals surface area (Å²) < 4.78 is 5.20. The molecule has 0 aliphatic rings. The van der Waals surface area contributed by atoms with Crippen LogP contribution in [0.5, 0.6) is 5.75 Å². The maximum Gasteiger partial charge on any atom is 0.328 e. The first kappa shape index (κ1) is 13.6. The second-order valence-electron chi connectivity index (χ2n) is 4.24. The maximum absolute atomic E-state index is 11.2. The number of anilines is 1. The number of carboxylic acids is 1. The Morgan fingerprint density at radius 2 is 2.06 bits per heavy atom. The fourth-order valence-electron chi connectivity index (χ4n) is 1.37. The molecule has 0 radical (unpaired) electrons. The van der Waals surface area contributed by atoms with Crippen molar-refractivity contribution in [2.45, 2.75) is 19.4 Å². The highest BCUT2D eigenvalue weighted by atomic mass is 35.5. The van der Waals surface area contributed by atoms with Gasteiger partial charge in [-0.2, -0.15) is 0 Å². The smallest absolute Gasteiger partial charge is 0.328 e. The third-order valence-electron chi connectivity index (χ3n) is 2.86. The number of hydrogen-bond donors (Lipinski definition) is 1. The number of carboxylic acid groups (broad SMARTS) is 1. The van der Waals surface area contributed by atoms with Crippen LogP contribution in [0.3, 0.4) is 0 Å². The SMILES string of the molecule is COc1ccc(Cl)cc1N(C)C(C)(C)C(=O)O. The molecule has 5 heteroatoms. The van der Waals surface area contributed by atoms with Crippen molar-refractivity contribution in [1.29, 1.82) is 0 Å². The first-order chi connectivity index (χ1) is 7.80. The maximum atomic E-state index is 11.2. The highest BCUT2D eigenvalue weighted by Crippen LogP contribution is 2.34. The average molecular weight is 258 g/mol. The van der Waals surface area contributed by atoms with E-state index in [2.05, 4.69) is 0 Å². The molecule has 1 aromatic rings. The first-order valence-corrected chi connectivity index (χ1v) is 5.49. The Labute approximate surface area is 106 Å². The van der Waals surface area contributed by atoms with E-state index in [9.17, 15) is 9.90 Å². The highest BCUT2D eigenvalue weighted by Gasteiger charge is 2.33. The lowest BCUT2D eigenvalue weighted by molar-refractivity contribution is -0.142. The molecule has 1 N–H and O–H groups in total. The van der Waals surface area contributed by atoms with Crippen LogP contribution < -0.4 is 9.64 Å². The molecule has 0 aliphatic heterocycles. The summed E-state index contributed by atoms with van der Waals surface area (Å²) in [6, 6.07) is 5.10. The van der Waals surface area contributed by atoms with Crippen molar-refractivity contribution in [2.75, 3.05) is 19.1 Å². The predicted molar refractivity (Wildman–Crippen MR) is 68.1 cm³/mol. The molecule has 94 valence electrons. The van der Waals surface area contributed by atoms with Crippen LogP contribution in [0.4, 0.5) is 5.69 Å². The van der Waals surface area contributed by atoms with Crippen LogP contribution in [-0.2, 0) is 4.79 Å². The number of methoxy groups -OCH3 is 1. The molecule has 1 rings (SSSR count). The fraction of sp³-hybridized carbons (Fsp3) is 0.417. The standard InChI is InChI=1S/C12H16ClNO3/c1-12(2,11(15)16)14(3)9-7-8(13)5-6-10(9)17-4/h5-7H,1-4H3,(H,15,16). The molecule has 0 bridgehead atoms. The summed E-state index contributed by atoms with van der Waals surface area (Å²) in [5.74, 6) is -0.326. The number of hydrogen-bond acceptors (Lipinski definition) is 3. The van der Waals surface area contributed by atoms with Gasteiger partial charge in [-0.3, -0.25) is 0 Å². The summed E-state index contributed by atoms with van der Waals surface area (Å²) in [6.07, 6.45) is 0. The molecule has 0 spiro atoms. The van der Waals surface area contributed by atoms with E-state index in [1.165, 1.54) is 7.11 Å². The Bertz CT molecular complexity index is 432. The first-order valence-electron chi connectivity index (χ1n) is 5.11. The van der Waals surface area contributed by atoms with Gasteiger partial charge in [0.1, 0.15) is 11.3 Å². The normalized spacial score (nSPS) is 11.1. The topological polar surface area (TPSA) is 49.8 Å². The monoisotopic (exact) mass is 257 g/mol. The molecule has 0 heterocycles. The van der Waals surface area contributed by atoms with Gasteiger partial charge in [0.05, 0.1) is 12.8 Å². The molecule has 17 heavy (non-hydrogen) atoms. The Hall–Kier alpha value is -1.42. The van der Waals surface area contributed by atoms with Crippen LogP contribution in [0, 0.1) is 0 Å². The van der Waals surface area contributed by atoms with Crippen LogP contribution in [-0.4, -0.2) is 30.8 Å². The highest BCUT2D eigenvalue weighted by molar-refractivity contribution is 6.31. The predicted octanol–water partition coefficient (Wildman–Crippen LogP) is 2.65. The van der Waals surface area contributed by atoms with E-state index in [4.69, 9.17) is 16.3 Å². The van der Waals surface area contributed by atoms with Gasteiger partial charge in [-0.1, -0.05) is 11.6 Å². The van der Waals surface area contributed by atoms with E-state index in [0.29, 0.717) is 16.5 Å². The van der Waals surface area contributed by atoms with Gasteiger partial charge in [-0.25, -0.2) is 4.79 Å². The number of likely N-dealkylation sites (N-methyl/N-ethyl adjacent to an activating group) is 1. The minimum absolute atomic E-state index is 0.536. The number of ether oxygens (including phenoxy) is 1. The molecule has 0 aliphatic carbocycles. The zero-order chi connectivity index (χ0) is 13.2. The van der Waals surface area contributed by atoms with Crippen molar-refractivity contribution in [1.82, 2.24) is 0 Å². The van der Waals surface area contributed by atoms with Crippen LogP contribution in [0.1, 0.15) is 13.8 Å². The molecule has 0 atom stereocenters. The Morgan fingerprint density at radius 1 is 1.47 bits per heavy atom. The van der Waals surface area contributed by atoms with E-state index in [-0.39, 0.29) is 0 Å². The average Bonchev–Trinajstić information content (AvgIpc) is 2.27. The number of carbonyl (C=O) groups is 1. The van der Waals surface area contributed by atoms with Crippen molar-refractivity contribution in [3.05, 3.63) is 23.2 Å². The molecule has 1 aromatic carbocycles. The summed E-state index contributed by atoms with van der Waals surface area (Å²) in [5.41, 5.74) is -0.398. The summed E-state index contributed by atoms with van der Waals surface area (Å²) in [5, 5.41) is 9.73. The Kier molecular flexibility index (Phi) is 3.88. The number of halogens is 1. The van der Waals surface area contributed by atoms with Crippen LogP contribution in [0.15, 0.2) is 18.2 Å². The van der Waals surface area contributed by atoms with E-state index in [1.54, 1.807) is 44.0 Å². The number of rotatable bonds is 4. The van der Waals surface area contributed by atoms with Crippen LogP contribution in [0.2, 0.25) is 5.02 Å². The third kappa shape index (κ3) is 2.64. The number of benzene rings is 1. The van der Waals surface area contributed by atoms with Crippen molar-refractivity contribution in [2.24, 2.45) is 0 Å². The van der Waals surface area contributed by atoms with Crippen molar-refractivity contribution < 1.29 is 14.6 Å². The third-order valence-corrected chi connectivity index (χ3v) is 3.10. The summed E-state index contributed by atoms with van der Waals surface area (Å²) in [6.45, 7) is 3.24. The Balaban J connectivity index is 3.23. The second kappa shape index (κ2) is 4.84. The molecular formula is C12H16ClNO3. The lowest BCUT2D eigenvalue weighted by Gasteiger charge is -2.34. The molecular weight excluding hydrogens is 242 g/mol. The van der Waals surface area contributed by atoms with E-state index >= 15 is 0 Å². The zero-order valence-corrected chi connectivity index (χ0v) is 11.1.